The predicted molar refractivity (Wildman–Crippen MR) is 131 cm³/mol. The first kappa shape index (κ1) is 22.5. The largest absolute Gasteiger partial charge is 0.379 e. The number of rotatable bonds is 5. The standard InChI is InChI=1S/C27H29NO2Si/c1-20(23-18-17-22-14-8-9-15-24(22)19-23)28-27(30)26(29)25(31(2,3)4)16-10-13-21-11-6-5-7-12-21/h5-9,11-12,14-20,26,29H,1-4H3,(H,28,30)/b25-16-/t20-,26-/m1/s1. The van der Waals surface area contributed by atoms with Gasteiger partial charge in [-0.1, -0.05) is 86.1 Å². The van der Waals surface area contributed by atoms with Gasteiger partial charge in [0.2, 0.25) is 0 Å². The van der Waals surface area contributed by atoms with E-state index in [9.17, 15) is 9.90 Å². The summed E-state index contributed by atoms with van der Waals surface area (Å²) >= 11 is 0. The molecule has 0 aliphatic heterocycles. The Kier molecular flexibility index (Phi) is 7.12. The average Bonchev–Trinajstić information content (AvgIpc) is 2.75. The Morgan fingerprint density at radius 3 is 2.29 bits per heavy atom. The minimum absolute atomic E-state index is 0.218. The fraction of sp³-hybridized carbons (Fsp3) is 0.222. The summed E-state index contributed by atoms with van der Waals surface area (Å²) in [6.45, 7) is 8.24. The number of fused-ring (bicyclic) bond motifs is 1. The van der Waals surface area contributed by atoms with Crippen LogP contribution in [0.3, 0.4) is 0 Å². The molecule has 0 saturated heterocycles. The molecule has 0 heterocycles. The first-order valence-electron chi connectivity index (χ1n) is 10.5. The third kappa shape index (κ3) is 5.94. The van der Waals surface area contributed by atoms with Gasteiger partial charge >= 0.3 is 0 Å². The lowest BCUT2D eigenvalue weighted by atomic mass is 10.0. The first-order valence-corrected chi connectivity index (χ1v) is 14.0. The Labute approximate surface area is 185 Å². The second kappa shape index (κ2) is 9.78. The summed E-state index contributed by atoms with van der Waals surface area (Å²) in [6, 6.07) is 23.7. The predicted octanol–water partition coefficient (Wildman–Crippen LogP) is 5.23. The van der Waals surface area contributed by atoms with E-state index in [2.05, 4.69) is 61.1 Å². The van der Waals surface area contributed by atoms with E-state index >= 15 is 0 Å². The summed E-state index contributed by atoms with van der Waals surface area (Å²) in [5, 5.41) is 16.8. The van der Waals surface area contributed by atoms with Crippen molar-refractivity contribution in [3.63, 3.8) is 0 Å². The molecule has 4 heteroatoms. The number of amides is 1. The fourth-order valence-corrected chi connectivity index (χ4v) is 4.87. The van der Waals surface area contributed by atoms with Gasteiger partial charge in [-0.05, 0) is 52.7 Å². The Bertz CT molecular complexity index is 1150. The van der Waals surface area contributed by atoms with Crippen LogP contribution in [0.15, 0.2) is 84.1 Å². The molecule has 3 aromatic rings. The number of allylic oxidation sites excluding steroid dienone is 1. The number of benzene rings is 3. The minimum atomic E-state index is -1.97. The van der Waals surface area contributed by atoms with Crippen LogP contribution in [0.5, 0.6) is 0 Å². The van der Waals surface area contributed by atoms with E-state index in [1.165, 1.54) is 0 Å². The van der Waals surface area contributed by atoms with E-state index in [0.717, 1.165) is 27.1 Å². The van der Waals surface area contributed by atoms with Crippen molar-refractivity contribution in [1.29, 1.82) is 0 Å². The highest BCUT2D eigenvalue weighted by molar-refractivity contribution is 6.83. The van der Waals surface area contributed by atoms with Crippen molar-refractivity contribution in [2.45, 2.75) is 38.7 Å². The maximum absolute atomic E-state index is 12.9. The quantitative estimate of drug-likeness (QED) is 0.432. The molecule has 1 amide bonds. The van der Waals surface area contributed by atoms with Gasteiger partial charge in [-0.2, -0.15) is 0 Å². The zero-order valence-electron chi connectivity index (χ0n) is 18.5. The van der Waals surface area contributed by atoms with Gasteiger partial charge in [0.15, 0.2) is 6.10 Å². The van der Waals surface area contributed by atoms with Gasteiger partial charge < -0.3 is 10.4 Å². The normalized spacial score (nSPS) is 13.8. The number of nitrogens with one attached hydrogen (secondary N) is 1. The van der Waals surface area contributed by atoms with Crippen molar-refractivity contribution in [2.75, 3.05) is 0 Å². The average molecular weight is 428 g/mol. The van der Waals surface area contributed by atoms with Crippen LogP contribution in [0.4, 0.5) is 0 Å². The van der Waals surface area contributed by atoms with E-state index < -0.39 is 20.1 Å². The highest BCUT2D eigenvalue weighted by Gasteiger charge is 2.30. The second-order valence-corrected chi connectivity index (χ2v) is 13.8. The molecule has 2 N–H and O–H groups in total. The molecule has 0 fully saturated rings. The Morgan fingerprint density at radius 2 is 1.61 bits per heavy atom. The molecule has 0 bridgehead atoms. The topological polar surface area (TPSA) is 49.3 Å². The molecular weight excluding hydrogens is 398 g/mol. The lowest BCUT2D eigenvalue weighted by Gasteiger charge is -2.26. The lowest BCUT2D eigenvalue weighted by molar-refractivity contribution is -0.128. The summed E-state index contributed by atoms with van der Waals surface area (Å²) in [4.78, 5) is 12.9. The third-order valence-electron chi connectivity index (χ3n) is 5.26. The summed E-state index contributed by atoms with van der Waals surface area (Å²) in [7, 11) is -1.97. The SMILES string of the molecule is C[C@@H](NC(=O)[C@H](O)/C(=C/C#Cc1ccccc1)[Si](C)(C)C)c1ccc2ccccc2c1. The molecule has 0 radical (unpaired) electrons. The molecule has 0 aromatic heterocycles. The number of carbonyl (C=O) groups excluding carboxylic acids is 1. The number of aliphatic hydroxyl groups excluding tert-OH is 1. The van der Waals surface area contributed by atoms with Crippen LogP contribution in [0.1, 0.15) is 24.1 Å². The van der Waals surface area contributed by atoms with Gasteiger partial charge in [0.1, 0.15) is 0 Å². The van der Waals surface area contributed by atoms with Crippen LogP contribution in [0, 0.1) is 11.8 Å². The molecule has 2 atom stereocenters. The molecule has 0 aliphatic carbocycles. The van der Waals surface area contributed by atoms with Crippen molar-refractivity contribution in [2.24, 2.45) is 0 Å². The zero-order chi connectivity index (χ0) is 22.4. The summed E-state index contributed by atoms with van der Waals surface area (Å²) in [5.41, 5.74) is 1.90. The molecule has 158 valence electrons. The molecule has 0 unspecified atom stereocenters. The molecule has 31 heavy (non-hydrogen) atoms. The minimum Gasteiger partial charge on any atom is -0.379 e. The van der Waals surface area contributed by atoms with Crippen molar-refractivity contribution < 1.29 is 9.90 Å². The molecular formula is C27H29NO2Si. The number of hydrogen-bond acceptors (Lipinski definition) is 2. The van der Waals surface area contributed by atoms with Gasteiger partial charge in [-0.15, -0.1) is 0 Å². The number of hydrogen-bond donors (Lipinski definition) is 2. The van der Waals surface area contributed by atoms with Crippen molar-refractivity contribution >= 4 is 24.8 Å². The van der Waals surface area contributed by atoms with Crippen molar-refractivity contribution in [3.05, 3.63) is 95.2 Å². The first-order chi connectivity index (χ1) is 14.8. The second-order valence-electron chi connectivity index (χ2n) is 8.72. The van der Waals surface area contributed by atoms with Crippen LogP contribution in [-0.2, 0) is 4.79 Å². The van der Waals surface area contributed by atoms with Gasteiger partial charge in [-0.3, -0.25) is 4.79 Å². The van der Waals surface area contributed by atoms with E-state index in [1.54, 1.807) is 6.08 Å². The van der Waals surface area contributed by atoms with Crippen LogP contribution in [0.25, 0.3) is 10.8 Å². The van der Waals surface area contributed by atoms with Gasteiger partial charge in [0.25, 0.3) is 5.91 Å². The summed E-state index contributed by atoms with van der Waals surface area (Å²) < 4.78 is 0. The van der Waals surface area contributed by atoms with E-state index in [4.69, 9.17) is 0 Å². The van der Waals surface area contributed by atoms with E-state index in [1.807, 2.05) is 55.5 Å². The van der Waals surface area contributed by atoms with Crippen molar-refractivity contribution in [1.82, 2.24) is 5.32 Å². The van der Waals surface area contributed by atoms with Crippen LogP contribution in [-0.4, -0.2) is 25.2 Å². The van der Waals surface area contributed by atoms with Gasteiger partial charge in [0, 0.05) is 5.56 Å². The number of carbonyl (C=O) groups is 1. The van der Waals surface area contributed by atoms with E-state index in [0.29, 0.717) is 0 Å². The smallest absolute Gasteiger partial charge is 0.253 e. The Morgan fingerprint density at radius 1 is 0.968 bits per heavy atom. The fourth-order valence-electron chi connectivity index (χ4n) is 3.42. The summed E-state index contributed by atoms with van der Waals surface area (Å²) in [5.74, 6) is 5.72. The lowest BCUT2D eigenvalue weighted by Crippen LogP contribution is -2.43. The van der Waals surface area contributed by atoms with Gasteiger partial charge in [0.05, 0.1) is 14.1 Å². The Balaban J connectivity index is 1.77. The van der Waals surface area contributed by atoms with Crippen LogP contribution in [0.2, 0.25) is 19.6 Å². The van der Waals surface area contributed by atoms with Crippen LogP contribution >= 0.6 is 0 Å². The molecule has 3 aromatic carbocycles. The van der Waals surface area contributed by atoms with Crippen molar-refractivity contribution in [3.8, 4) is 11.8 Å². The zero-order valence-corrected chi connectivity index (χ0v) is 19.5. The molecule has 0 saturated carbocycles. The maximum Gasteiger partial charge on any atom is 0.253 e. The molecule has 0 aliphatic rings. The maximum atomic E-state index is 12.9. The van der Waals surface area contributed by atoms with E-state index in [-0.39, 0.29) is 6.04 Å². The highest BCUT2D eigenvalue weighted by atomic mass is 28.3. The molecule has 0 spiro atoms. The summed E-state index contributed by atoms with van der Waals surface area (Å²) in [6.07, 6.45) is 0.518. The Hall–Kier alpha value is -3.13. The monoisotopic (exact) mass is 427 g/mol. The highest BCUT2D eigenvalue weighted by Crippen LogP contribution is 2.22. The van der Waals surface area contributed by atoms with Crippen LogP contribution < -0.4 is 5.32 Å². The molecule has 3 rings (SSSR count). The molecule has 3 nitrogen and oxygen atoms in total. The number of aliphatic hydroxyl groups is 1. The third-order valence-corrected chi connectivity index (χ3v) is 7.41. The van der Waals surface area contributed by atoms with Gasteiger partial charge in [-0.25, -0.2) is 0 Å².